The van der Waals surface area contributed by atoms with Crippen molar-refractivity contribution in [3.63, 3.8) is 0 Å². The lowest BCUT2D eigenvalue weighted by Gasteiger charge is -2.09. The summed E-state index contributed by atoms with van der Waals surface area (Å²) in [5.74, 6) is 0. The van der Waals surface area contributed by atoms with Gasteiger partial charge in [-0.25, -0.2) is 0 Å². The van der Waals surface area contributed by atoms with Crippen molar-refractivity contribution in [2.75, 3.05) is 0 Å². The summed E-state index contributed by atoms with van der Waals surface area (Å²) < 4.78 is 3.56. The lowest BCUT2D eigenvalue weighted by molar-refractivity contribution is 1.20. The molecule has 5 rings (SSSR count). The van der Waals surface area contributed by atoms with Gasteiger partial charge in [-0.3, -0.25) is 0 Å². The third-order valence-corrected chi connectivity index (χ3v) is 5.94. The van der Waals surface area contributed by atoms with Crippen molar-refractivity contribution in [3.05, 3.63) is 76.6 Å². The Labute approximate surface area is 145 Å². The molecule has 0 N–H and O–H groups in total. The molecule has 110 valence electrons. The molecule has 23 heavy (non-hydrogen) atoms. The molecule has 0 unspecified atom stereocenters. The van der Waals surface area contributed by atoms with Gasteiger partial charge in [0.25, 0.3) is 0 Å². The summed E-state index contributed by atoms with van der Waals surface area (Å²) in [6, 6.07) is 25.9. The molecule has 0 spiro atoms. The van der Waals surface area contributed by atoms with E-state index in [2.05, 4.69) is 93.3 Å². The van der Waals surface area contributed by atoms with Crippen LogP contribution in [0.5, 0.6) is 0 Å². The van der Waals surface area contributed by atoms with E-state index >= 15 is 0 Å². The van der Waals surface area contributed by atoms with Crippen LogP contribution >= 0.6 is 27.3 Å². The Morgan fingerprint density at radius 3 is 2.39 bits per heavy atom. The van der Waals surface area contributed by atoms with Gasteiger partial charge in [-0.2, -0.15) is 0 Å². The molecule has 0 saturated heterocycles. The van der Waals surface area contributed by atoms with E-state index in [0.29, 0.717) is 0 Å². The highest BCUT2D eigenvalue weighted by Gasteiger charge is 2.16. The van der Waals surface area contributed by atoms with Crippen molar-refractivity contribution in [1.82, 2.24) is 4.57 Å². The quantitative estimate of drug-likeness (QED) is 0.304. The topological polar surface area (TPSA) is 4.93 Å². The second kappa shape index (κ2) is 4.95. The SMILES string of the molecule is Brc1cc2c3ccc4ccccc4c3n(-c3ccccc3)c2s1. The molecule has 0 fully saturated rings. The second-order valence-electron chi connectivity index (χ2n) is 5.62. The fraction of sp³-hybridized carbons (Fsp3) is 0. The van der Waals surface area contributed by atoms with Crippen LogP contribution in [-0.2, 0) is 0 Å². The standard InChI is InChI=1S/C20H12BrNS/c21-18-12-17-16-11-10-13-6-4-5-9-15(13)19(16)22(20(17)23-18)14-7-2-1-3-8-14/h1-12H. The number of hydrogen-bond acceptors (Lipinski definition) is 1. The summed E-state index contributed by atoms with van der Waals surface area (Å²) in [5, 5.41) is 5.20. The average Bonchev–Trinajstić information content (AvgIpc) is 3.10. The Morgan fingerprint density at radius 2 is 1.52 bits per heavy atom. The van der Waals surface area contributed by atoms with E-state index in [0.717, 1.165) is 0 Å². The third kappa shape index (κ3) is 1.90. The van der Waals surface area contributed by atoms with E-state index in [1.165, 1.54) is 41.4 Å². The van der Waals surface area contributed by atoms with Gasteiger partial charge in [-0.05, 0) is 39.5 Å². The first-order valence-corrected chi connectivity index (χ1v) is 9.10. The predicted molar refractivity (Wildman–Crippen MR) is 104 cm³/mol. The van der Waals surface area contributed by atoms with E-state index in [1.54, 1.807) is 11.3 Å². The maximum absolute atomic E-state index is 3.65. The fourth-order valence-corrected chi connectivity index (χ4v) is 4.97. The molecule has 0 aliphatic rings. The second-order valence-corrected chi connectivity index (χ2v) is 8.03. The largest absolute Gasteiger partial charge is 0.300 e. The zero-order valence-corrected chi connectivity index (χ0v) is 14.6. The molecule has 0 bridgehead atoms. The van der Waals surface area contributed by atoms with E-state index in [-0.39, 0.29) is 0 Å². The summed E-state index contributed by atoms with van der Waals surface area (Å²) in [4.78, 5) is 1.29. The van der Waals surface area contributed by atoms with Crippen molar-refractivity contribution in [2.24, 2.45) is 0 Å². The third-order valence-electron chi connectivity index (χ3n) is 4.31. The minimum absolute atomic E-state index is 1.17. The number of nitrogens with zero attached hydrogens (tertiary/aromatic N) is 1. The van der Waals surface area contributed by atoms with Crippen LogP contribution in [0.1, 0.15) is 0 Å². The molecular weight excluding hydrogens is 366 g/mol. The highest BCUT2D eigenvalue weighted by atomic mass is 79.9. The number of para-hydroxylation sites is 1. The molecule has 0 saturated carbocycles. The van der Waals surface area contributed by atoms with E-state index in [1.807, 2.05) is 0 Å². The summed E-state index contributed by atoms with van der Waals surface area (Å²) in [5.41, 5.74) is 2.50. The van der Waals surface area contributed by atoms with Gasteiger partial charge in [0, 0.05) is 21.8 Å². The van der Waals surface area contributed by atoms with Crippen molar-refractivity contribution in [2.45, 2.75) is 0 Å². The van der Waals surface area contributed by atoms with E-state index < -0.39 is 0 Å². The number of aromatic nitrogens is 1. The normalized spacial score (nSPS) is 11.7. The lowest BCUT2D eigenvalue weighted by Crippen LogP contribution is -1.92. The van der Waals surface area contributed by atoms with Gasteiger partial charge in [0.2, 0.25) is 0 Å². The van der Waals surface area contributed by atoms with Gasteiger partial charge in [0.05, 0.1) is 9.30 Å². The van der Waals surface area contributed by atoms with Gasteiger partial charge >= 0.3 is 0 Å². The lowest BCUT2D eigenvalue weighted by atomic mass is 10.1. The molecular formula is C20H12BrNS. The van der Waals surface area contributed by atoms with Crippen LogP contribution in [0.15, 0.2) is 76.6 Å². The summed E-state index contributed by atoms with van der Waals surface area (Å²) >= 11 is 5.44. The number of benzene rings is 3. The maximum atomic E-state index is 3.65. The first-order chi connectivity index (χ1) is 11.3. The zero-order valence-electron chi connectivity index (χ0n) is 12.2. The van der Waals surface area contributed by atoms with Gasteiger partial charge in [0.1, 0.15) is 4.83 Å². The van der Waals surface area contributed by atoms with Crippen LogP contribution < -0.4 is 0 Å². The van der Waals surface area contributed by atoms with Crippen LogP contribution in [-0.4, -0.2) is 4.57 Å². The Bertz CT molecular complexity index is 1170. The number of halogens is 1. The van der Waals surface area contributed by atoms with Gasteiger partial charge in [-0.1, -0.05) is 54.6 Å². The predicted octanol–water partition coefficient (Wildman–Crippen LogP) is 6.76. The van der Waals surface area contributed by atoms with Crippen LogP contribution in [0.4, 0.5) is 0 Å². The summed E-state index contributed by atoms with van der Waals surface area (Å²) in [6.07, 6.45) is 0. The van der Waals surface area contributed by atoms with Crippen LogP contribution in [0, 0.1) is 0 Å². The molecule has 2 heterocycles. The Morgan fingerprint density at radius 1 is 0.739 bits per heavy atom. The Balaban J connectivity index is 2.08. The van der Waals surface area contributed by atoms with E-state index in [9.17, 15) is 0 Å². The molecule has 0 amide bonds. The van der Waals surface area contributed by atoms with Crippen molar-refractivity contribution >= 4 is 59.2 Å². The van der Waals surface area contributed by atoms with Crippen LogP contribution in [0.25, 0.3) is 37.6 Å². The van der Waals surface area contributed by atoms with E-state index in [4.69, 9.17) is 0 Å². The van der Waals surface area contributed by atoms with Crippen molar-refractivity contribution in [3.8, 4) is 5.69 Å². The number of rotatable bonds is 1. The van der Waals surface area contributed by atoms with Gasteiger partial charge < -0.3 is 4.57 Å². The van der Waals surface area contributed by atoms with Crippen LogP contribution in [0.2, 0.25) is 0 Å². The Hall–Kier alpha value is -2.10. The van der Waals surface area contributed by atoms with Crippen molar-refractivity contribution < 1.29 is 0 Å². The average molecular weight is 378 g/mol. The molecule has 0 aliphatic carbocycles. The number of fused-ring (bicyclic) bond motifs is 5. The molecule has 3 aromatic carbocycles. The molecule has 0 radical (unpaired) electrons. The first kappa shape index (κ1) is 13.3. The first-order valence-electron chi connectivity index (χ1n) is 7.49. The zero-order chi connectivity index (χ0) is 15.4. The fourth-order valence-electron chi connectivity index (χ4n) is 3.35. The van der Waals surface area contributed by atoms with Crippen LogP contribution in [0.3, 0.4) is 0 Å². The van der Waals surface area contributed by atoms with Gasteiger partial charge in [-0.15, -0.1) is 11.3 Å². The molecule has 1 nitrogen and oxygen atoms in total. The molecule has 0 aliphatic heterocycles. The highest BCUT2D eigenvalue weighted by molar-refractivity contribution is 9.11. The molecule has 5 aromatic rings. The number of hydrogen-bond donors (Lipinski definition) is 0. The monoisotopic (exact) mass is 377 g/mol. The minimum Gasteiger partial charge on any atom is -0.300 e. The highest BCUT2D eigenvalue weighted by Crippen LogP contribution is 2.41. The molecule has 2 aromatic heterocycles. The Kier molecular flexibility index (Phi) is 2.87. The smallest absolute Gasteiger partial charge is 0.109 e. The number of thiophene rings is 1. The summed E-state index contributed by atoms with van der Waals surface area (Å²) in [6.45, 7) is 0. The minimum atomic E-state index is 1.17. The molecule has 0 atom stereocenters. The van der Waals surface area contributed by atoms with Gasteiger partial charge in [0.15, 0.2) is 0 Å². The molecule has 3 heteroatoms. The maximum Gasteiger partial charge on any atom is 0.109 e. The van der Waals surface area contributed by atoms with Crippen molar-refractivity contribution in [1.29, 1.82) is 0 Å². The summed E-state index contributed by atoms with van der Waals surface area (Å²) in [7, 11) is 0.